The van der Waals surface area contributed by atoms with Gasteiger partial charge in [-0.1, -0.05) is 29.3 Å². The summed E-state index contributed by atoms with van der Waals surface area (Å²) >= 11 is 12.2. The highest BCUT2D eigenvalue weighted by atomic mass is 35.5. The molecular formula is C25H17Cl2FN4O5. The van der Waals surface area contributed by atoms with Gasteiger partial charge in [-0.25, -0.2) is 9.18 Å². The predicted octanol–water partition coefficient (Wildman–Crippen LogP) is 6.06. The number of esters is 1. The van der Waals surface area contributed by atoms with Gasteiger partial charge in [-0.3, -0.25) is 4.79 Å². The molecule has 0 amide bonds. The number of aromatic amines is 1. The van der Waals surface area contributed by atoms with Crippen LogP contribution in [0.15, 0.2) is 34.7 Å². The van der Waals surface area contributed by atoms with Gasteiger partial charge in [0.2, 0.25) is 5.89 Å². The molecule has 12 heteroatoms. The van der Waals surface area contributed by atoms with Gasteiger partial charge in [0.25, 0.3) is 5.89 Å². The van der Waals surface area contributed by atoms with Crippen LogP contribution in [0, 0.1) is 24.1 Å². The summed E-state index contributed by atoms with van der Waals surface area (Å²) in [5.74, 6) is -1.51. The molecule has 0 aliphatic heterocycles. The molecular weight excluding hydrogens is 526 g/mol. The molecule has 0 saturated carbocycles. The predicted molar refractivity (Wildman–Crippen MR) is 131 cm³/mol. The Morgan fingerprint density at radius 1 is 1.27 bits per heavy atom. The molecule has 4 aromatic rings. The number of hydrogen-bond acceptors (Lipinski definition) is 8. The molecule has 37 heavy (non-hydrogen) atoms. The van der Waals surface area contributed by atoms with Crippen molar-refractivity contribution in [3.63, 3.8) is 0 Å². The second-order valence-corrected chi connectivity index (χ2v) is 8.51. The Bertz CT molecular complexity index is 1560. The van der Waals surface area contributed by atoms with Crippen molar-refractivity contribution >= 4 is 35.5 Å². The summed E-state index contributed by atoms with van der Waals surface area (Å²) < 4.78 is 31.7. The smallest absolute Gasteiger partial charge is 0.340 e. The first-order valence-electron chi connectivity index (χ1n) is 10.8. The third-order valence-corrected chi connectivity index (χ3v) is 5.76. The van der Waals surface area contributed by atoms with Crippen molar-refractivity contribution in [2.45, 2.75) is 20.3 Å². The average Bonchev–Trinajstić information content (AvgIpc) is 3.47. The number of rotatable bonds is 8. The number of carbonyl (C=O) groups excluding carboxylic acids is 2. The lowest BCUT2D eigenvalue weighted by molar-refractivity contribution is 0.0523. The molecule has 0 aliphatic carbocycles. The van der Waals surface area contributed by atoms with E-state index in [1.54, 1.807) is 13.8 Å². The first-order chi connectivity index (χ1) is 17.7. The maximum atomic E-state index is 15.4. The molecule has 2 heterocycles. The molecule has 0 radical (unpaired) electrons. The van der Waals surface area contributed by atoms with Crippen molar-refractivity contribution in [1.82, 2.24) is 15.2 Å². The van der Waals surface area contributed by atoms with Crippen LogP contribution in [-0.4, -0.2) is 34.0 Å². The second kappa shape index (κ2) is 10.8. The van der Waals surface area contributed by atoms with Crippen LogP contribution >= 0.6 is 23.2 Å². The zero-order chi connectivity index (χ0) is 26.7. The molecule has 0 saturated heterocycles. The van der Waals surface area contributed by atoms with E-state index < -0.39 is 11.8 Å². The Morgan fingerprint density at radius 2 is 2.05 bits per heavy atom. The molecule has 2 aromatic heterocycles. The SMILES string of the molecule is CCOC(=O)c1c(C=O)[nH]c(-c2nnc(Cc3ccc(Cl)c(Oc4cc(Cl)cc(C#N)c4)c3F)o2)c1C. The summed E-state index contributed by atoms with van der Waals surface area (Å²) in [6.07, 6.45) is 0.376. The van der Waals surface area contributed by atoms with Crippen molar-refractivity contribution in [2.75, 3.05) is 6.61 Å². The third-order valence-electron chi connectivity index (χ3n) is 5.25. The number of benzene rings is 2. The van der Waals surface area contributed by atoms with Gasteiger partial charge in [-0.15, -0.1) is 10.2 Å². The Balaban J connectivity index is 1.62. The monoisotopic (exact) mass is 542 g/mol. The summed E-state index contributed by atoms with van der Waals surface area (Å²) in [7, 11) is 0. The Labute approximate surface area is 219 Å². The maximum absolute atomic E-state index is 15.4. The summed E-state index contributed by atoms with van der Waals surface area (Å²) in [6.45, 7) is 3.39. The van der Waals surface area contributed by atoms with E-state index in [0.29, 0.717) is 11.8 Å². The normalized spacial score (nSPS) is 10.7. The van der Waals surface area contributed by atoms with E-state index in [0.717, 1.165) is 0 Å². The van der Waals surface area contributed by atoms with Crippen LogP contribution in [0.4, 0.5) is 4.39 Å². The van der Waals surface area contributed by atoms with E-state index in [2.05, 4.69) is 15.2 Å². The number of aldehydes is 1. The first kappa shape index (κ1) is 25.9. The molecule has 9 nitrogen and oxygen atoms in total. The second-order valence-electron chi connectivity index (χ2n) is 7.67. The number of nitrogens with one attached hydrogen (secondary N) is 1. The van der Waals surface area contributed by atoms with Gasteiger partial charge in [0.05, 0.1) is 40.9 Å². The fraction of sp³-hybridized carbons (Fsp3) is 0.160. The Hall–Kier alpha value is -4.20. The van der Waals surface area contributed by atoms with E-state index in [9.17, 15) is 9.59 Å². The molecule has 0 bridgehead atoms. The molecule has 0 aliphatic rings. The van der Waals surface area contributed by atoms with Crippen LogP contribution in [0.25, 0.3) is 11.6 Å². The molecule has 2 aromatic carbocycles. The largest absolute Gasteiger partial charge is 0.462 e. The third kappa shape index (κ3) is 5.33. The molecule has 0 unspecified atom stereocenters. The van der Waals surface area contributed by atoms with Gasteiger partial charge in [0, 0.05) is 10.6 Å². The zero-order valence-corrected chi connectivity index (χ0v) is 20.9. The number of H-pyrrole nitrogens is 1. The van der Waals surface area contributed by atoms with E-state index in [1.165, 1.54) is 30.3 Å². The summed E-state index contributed by atoms with van der Waals surface area (Å²) in [5.41, 5.74) is 1.11. The number of aromatic nitrogens is 3. The van der Waals surface area contributed by atoms with Gasteiger partial charge < -0.3 is 18.9 Å². The lowest BCUT2D eigenvalue weighted by Crippen LogP contribution is -2.07. The topological polar surface area (TPSA) is 131 Å². The number of nitriles is 1. The quantitative estimate of drug-likeness (QED) is 0.210. The van der Waals surface area contributed by atoms with E-state index >= 15 is 4.39 Å². The van der Waals surface area contributed by atoms with Crippen LogP contribution in [0.2, 0.25) is 10.0 Å². The maximum Gasteiger partial charge on any atom is 0.340 e. The molecule has 188 valence electrons. The van der Waals surface area contributed by atoms with Crippen molar-refractivity contribution in [2.24, 2.45) is 0 Å². The van der Waals surface area contributed by atoms with Gasteiger partial charge in [0.1, 0.15) is 11.4 Å². The molecule has 0 fully saturated rings. The molecule has 4 rings (SSSR count). The summed E-state index contributed by atoms with van der Waals surface area (Å²) in [5, 5.41) is 17.3. The Morgan fingerprint density at radius 3 is 2.76 bits per heavy atom. The lowest BCUT2D eigenvalue weighted by Gasteiger charge is -2.11. The van der Waals surface area contributed by atoms with Crippen molar-refractivity contribution in [1.29, 1.82) is 5.26 Å². The highest BCUT2D eigenvalue weighted by molar-refractivity contribution is 6.32. The highest BCUT2D eigenvalue weighted by Crippen LogP contribution is 2.36. The Kier molecular flexibility index (Phi) is 7.57. The minimum absolute atomic E-state index is 0.0000426. The number of ether oxygens (including phenoxy) is 2. The van der Waals surface area contributed by atoms with Crippen molar-refractivity contribution in [3.8, 4) is 29.2 Å². The molecule has 1 N–H and O–H groups in total. The summed E-state index contributed by atoms with van der Waals surface area (Å²) in [6, 6.07) is 9.09. The van der Waals surface area contributed by atoms with Crippen molar-refractivity contribution < 1.29 is 27.9 Å². The number of nitrogens with zero attached hydrogens (tertiary/aromatic N) is 3. The molecule has 0 atom stereocenters. The van der Waals surface area contributed by atoms with E-state index in [1.807, 2.05) is 6.07 Å². The van der Waals surface area contributed by atoms with E-state index in [-0.39, 0.29) is 74.4 Å². The van der Waals surface area contributed by atoms with Crippen LogP contribution in [-0.2, 0) is 11.2 Å². The number of carbonyl (C=O) groups is 2. The lowest BCUT2D eigenvalue weighted by atomic mass is 10.1. The van der Waals surface area contributed by atoms with Gasteiger partial charge in [-0.2, -0.15) is 5.26 Å². The fourth-order valence-corrected chi connectivity index (χ4v) is 3.99. The van der Waals surface area contributed by atoms with Gasteiger partial charge >= 0.3 is 5.97 Å². The van der Waals surface area contributed by atoms with Crippen LogP contribution in [0.1, 0.15) is 50.4 Å². The van der Waals surface area contributed by atoms with Crippen LogP contribution in [0.3, 0.4) is 0 Å². The van der Waals surface area contributed by atoms with Gasteiger partial charge in [-0.05, 0) is 43.7 Å². The minimum atomic E-state index is -0.769. The highest BCUT2D eigenvalue weighted by Gasteiger charge is 2.25. The summed E-state index contributed by atoms with van der Waals surface area (Å²) in [4.78, 5) is 26.5. The molecule has 0 spiro atoms. The standard InChI is InChI=1S/C25H17Cl2FN4O5/c1-3-35-25(34)20-12(2)22(30-18(20)11-33)24-32-31-19(37-24)8-14-4-5-17(27)23(21(14)28)36-16-7-13(10-29)6-15(26)9-16/h4-7,9,11,30H,3,8H2,1-2H3. The van der Waals surface area contributed by atoms with Crippen LogP contribution in [0.5, 0.6) is 11.5 Å². The van der Waals surface area contributed by atoms with Crippen LogP contribution < -0.4 is 4.74 Å². The van der Waals surface area contributed by atoms with Gasteiger partial charge in [0.15, 0.2) is 17.9 Å². The van der Waals surface area contributed by atoms with Crippen molar-refractivity contribution in [3.05, 3.63) is 80.0 Å². The zero-order valence-electron chi connectivity index (χ0n) is 19.4. The van der Waals surface area contributed by atoms with E-state index in [4.69, 9.17) is 42.4 Å². The number of hydrogen-bond donors (Lipinski definition) is 1. The average molecular weight is 543 g/mol. The first-order valence-corrected chi connectivity index (χ1v) is 11.5. The fourth-order valence-electron chi connectivity index (χ4n) is 3.58. The number of halogens is 3. The minimum Gasteiger partial charge on any atom is -0.462 e.